The Labute approximate surface area is 115 Å². The lowest BCUT2D eigenvalue weighted by Gasteiger charge is -2.20. The van der Waals surface area contributed by atoms with Gasteiger partial charge < -0.3 is 10.1 Å². The highest BCUT2D eigenvalue weighted by Gasteiger charge is 2.20. The molecule has 1 atom stereocenters. The second-order valence-electron chi connectivity index (χ2n) is 5.89. The highest BCUT2D eigenvalue weighted by Crippen LogP contribution is 2.29. The Morgan fingerprint density at radius 1 is 1.39 bits per heavy atom. The highest BCUT2D eigenvalue weighted by molar-refractivity contribution is 7.11. The van der Waals surface area contributed by atoms with Crippen LogP contribution >= 0.6 is 11.3 Å². The van der Waals surface area contributed by atoms with Crippen molar-refractivity contribution in [1.29, 1.82) is 0 Å². The van der Waals surface area contributed by atoms with Gasteiger partial charge in [0.25, 0.3) is 0 Å². The largest absolute Gasteiger partial charge is 0.371 e. The Morgan fingerprint density at radius 2 is 2.06 bits per heavy atom. The Bertz CT molecular complexity index is 355. The zero-order valence-electron chi connectivity index (χ0n) is 12.4. The third-order valence-electron chi connectivity index (χ3n) is 2.56. The number of hydrogen-bond donors (Lipinski definition) is 1. The van der Waals surface area contributed by atoms with E-state index in [1.807, 2.05) is 13.1 Å². The zero-order valence-corrected chi connectivity index (χ0v) is 13.2. The van der Waals surface area contributed by atoms with Crippen molar-refractivity contribution in [3.63, 3.8) is 0 Å². The van der Waals surface area contributed by atoms with Crippen molar-refractivity contribution in [2.75, 3.05) is 6.61 Å². The molecule has 0 saturated heterocycles. The lowest BCUT2D eigenvalue weighted by atomic mass is 10.1. The zero-order chi connectivity index (χ0) is 13.8. The van der Waals surface area contributed by atoms with Crippen molar-refractivity contribution in [2.24, 2.45) is 5.92 Å². The Hall–Kier alpha value is -0.450. The lowest BCUT2D eigenvalue weighted by molar-refractivity contribution is 0.0293. The first-order chi connectivity index (χ1) is 8.33. The maximum atomic E-state index is 5.78. The van der Waals surface area contributed by atoms with Gasteiger partial charge in [-0.25, -0.2) is 4.98 Å². The van der Waals surface area contributed by atoms with E-state index in [0.717, 1.165) is 18.2 Å². The van der Waals surface area contributed by atoms with Crippen molar-refractivity contribution < 1.29 is 4.74 Å². The molecule has 4 heteroatoms. The number of hydrogen-bond acceptors (Lipinski definition) is 4. The lowest BCUT2D eigenvalue weighted by Crippen LogP contribution is -2.34. The molecule has 0 aliphatic rings. The van der Waals surface area contributed by atoms with Gasteiger partial charge in [-0.2, -0.15) is 0 Å². The van der Waals surface area contributed by atoms with Gasteiger partial charge in [0.2, 0.25) is 0 Å². The van der Waals surface area contributed by atoms with Crippen LogP contribution < -0.4 is 5.32 Å². The fourth-order valence-corrected chi connectivity index (χ4v) is 2.70. The predicted molar refractivity (Wildman–Crippen MR) is 77.9 cm³/mol. The minimum Gasteiger partial charge on any atom is -0.371 e. The number of nitrogens with zero attached hydrogens (tertiary/aromatic N) is 1. The normalized spacial score (nSPS) is 14.2. The molecule has 1 unspecified atom stereocenters. The second kappa shape index (κ2) is 6.64. The van der Waals surface area contributed by atoms with Crippen LogP contribution in [0.4, 0.5) is 0 Å². The van der Waals surface area contributed by atoms with E-state index in [0.29, 0.717) is 5.92 Å². The summed E-state index contributed by atoms with van der Waals surface area (Å²) in [4.78, 5) is 5.78. The molecular weight excluding hydrogens is 244 g/mol. The minimum atomic E-state index is 0.128. The van der Waals surface area contributed by atoms with Crippen molar-refractivity contribution in [1.82, 2.24) is 10.3 Å². The van der Waals surface area contributed by atoms with Gasteiger partial charge in [-0.05, 0) is 33.6 Å². The molecular formula is C14H26N2OS. The van der Waals surface area contributed by atoms with Gasteiger partial charge in [0, 0.05) is 29.8 Å². The summed E-state index contributed by atoms with van der Waals surface area (Å²) in [6.07, 6.45) is 2.09. The van der Waals surface area contributed by atoms with Crippen LogP contribution in [0.1, 0.15) is 57.5 Å². The third kappa shape index (κ3) is 5.04. The Balaban J connectivity index is 2.66. The molecule has 0 saturated carbocycles. The van der Waals surface area contributed by atoms with E-state index in [4.69, 9.17) is 4.74 Å². The Morgan fingerprint density at radius 3 is 2.56 bits per heavy atom. The first kappa shape index (κ1) is 15.6. The van der Waals surface area contributed by atoms with Crippen LogP contribution in [0, 0.1) is 5.92 Å². The van der Waals surface area contributed by atoms with Gasteiger partial charge >= 0.3 is 0 Å². The molecule has 18 heavy (non-hydrogen) atoms. The maximum Gasteiger partial charge on any atom is 0.122 e. The molecule has 0 aromatic carbocycles. The van der Waals surface area contributed by atoms with E-state index in [2.05, 4.69) is 44.9 Å². The standard InChI is InChI=1S/C14H26N2OS/c1-7-17-12(10(2)3)13-15-8-11(18-13)9-16-14(4,5)6/h8,10,12,16H,7,9H2,1-6H3. The summed E-state index contributed by atoms with van der Waals surface area (Å²) < 4.78 is 5.78. The van der Waals surface area contributed by atoms with Crippen LogP contribution in [0.15, 0.2) is 6.20 Å². The molecule has 0 bridgehead atoms. The number of nitrogens with one attached hydrogen (secondary N) is 1. The van der Waals surface area contributed by atoms with E-state index in [1.54, 1.807) is 11.3 Å². The molecule has 3 nitrogen and oxygen atoms in total. The Kier molecular flexibility index (Phi) is 5.76. The smallest absolute Gasteiger partial charge is 0.122 e. The summed E-state index contributed by atoms with van der Waals surface area (Å²) in [6, 6.07) is 0. The topological polar surface area (TPSA) is 34.1 Å². The van der Waals surface area contributed by atoms with Crippen molar-refractivity contribution in [2.45, 2.75) is 59.7 Å². The average molecular weight is 270 g/mol. The summed E-state index contributed by atoms with van der Waals surface area (Å²) in [6.45, 7) is 14.5. The molecule has 0 aliphatic heterocycles. The van der Waals surface area contributed by atoms with Crippen LogP contribution in [0.2, 0.25) is 0 Å². The molecule has 0 radical (unpaired) electrons. The molecule has 0 aliphatic carbocycles. The fraction of sp³-hybridized carbons (Fsp3) is 0.786. The second-order valence-corrected chi connectivity index (χ2v) is 7.04. The summed E-state index contributed by atoms with van der Waals surface area (Å²) in [5, 5.41) is 4.58. The van der Waals surface area contributed by atoms with E-state index in [1.165, 1.54) is 4.88 Å². The first-order valence-corrected chi connectivity index (χ1v) is 7.46. The fourth-order valence-electron chi connectivity index (χ4n) is 1.62. The number of aromatic nitrogens is 1. The highest BCUT2D eigenvalue weighted by atomic mass is 32.1. The van der Waals surface area contributed by atoms with E-state index in [-0.39, 0.29) is 11.6 Å². The van der Waals surface area contributed by atoms with Gasteiger partial charge in [0.1, 0.15) is 11.1 Å². The van der Waals surface area contributed by atoms with Crippen molar-refractivity contribution in [3.05, 3.63) is 16.1 Å². The summed E-state index contributed by atoms with van der Waals surface area (Å²) in [5.41, 5.74) is 0.140. The molecule has 0 fully saturated rings. The van der Waals surface area contributed by atoms with Crippen LogP contribution in [0.3, 0.4) is 0 Å². The maximum absolute atomic E-state index is 5.78. The summed E-state index contributed by atoms with van der Waals surface area (Å²) in [5.74, 6) is 0.458. The molecule has 1 N–H and O–H groups in total. The van der Waals surface area contributed by atoms with Gasteiger partial charge in [0.15, 0.2) is 0 Å². The number of rotatable bonds is 6. The van der Waals surface area contributed by atoms with Crippen LogP contribution in [0.25, 0.3) is 0 Å². The minimum absolute atomic E-state index is 0.128. The quantitative estimate of drug-likeness (QED) is 0.854. The molecule has 1 aromatic rings. The van der Waals surface area contributed by atoms with Gasteiger partial charge in [-0.3, -0.25) is 0 Å². The van der Waals surface area contributed by atoms with Gasteiger partial charge in [-0.1, -0.05) is 13.8 Å². The molecule has 0 spiro atoms. The van der Waals surface area contributed by atoms with E-state index >= 15 is 0 Å². The average Bonchev–Trinajstić information content (AvgIpc) is 2.70. The van der Waals surface area contributed by atoms with Gasteiger partial charge in [0.05, 0.1) is 0 Å². The predicted octanol–water partition coefficient (Wildman–Crippen LogP) is 3.76. The number of ether oxygens (including phenoxy) is 1. The third-order valence-corrected chi connectivity index (χ3v) is 3.62. The van der Waals surface area contributed by atoms with Crippen LogP contribution in [0.5, 0.6) is 0 Å². The first-order valence-electron chi connectivity index (χ1n) is 6.64. The summed E-state index contributed by atoms with van der Waals surface area (Å²) >= 11 is 1.75. The van der Waals surface area contributed by atoms with Crippen LogP contribution in [-0.4, -0.2) is 17.1 Å². The molecule has 104 valence electrons. The van der Waals surface area contributed by atoms with Crippen molar-refractivity contribution >= 4 is 11.3 Å². The molecule has 1 heterocycles. The number of thiazole rings is 1. The SMILES string of the molecule is CCOC(c1ncc(CNC(C)(C)C)s1)C(C)C. The van der Waals surface area contributed by atoms with Crippen molar-refractivity contribution in [3.8, 4) is 0 Å². The van der Waals surface area contributed by atoms with E-state index in [9.17, 15) is 0 Å². The molecule has 1 aromatic heterocycles. The molecule has 1 rings (SSSR count). The monoisotopic (exact) mass is 270 g/mol. The van der Waals surface area contributed by atoms with E-state index < -0.39 is 0 Å². The summed E-state index contributed by atoms with van der Waals surface area (Å²) in [7, 11) is 0. The van der Waals surface area contributed by atoms with Crippen LogP contribution in [-0.2, 0) is 11.3 Å². The van der Waals surface area contributed by atoms with Gasteiger partial charge in [-0.15, -0.1) is 11.3 Å². The molecule has 0 amide bonds.